The van der Waals surface area contributed by atoms with Crippen LogP contribution in [0.3, 0.4) is 0 Å². The fourth-order valence-electron chi connectivity index (χ4n) is 4.98. The van der Waals surface area contributed by atoms with Gasteiger partial charge in [-0.05, 0) is 42.0 Å². The second kappa shape index (κ2) is 6.71. The van der Waals surface area contributed by atoms with Gasteiger partial charge in [-0.2, -0.15) is 0 Å². The van der Waals surface area contributed by atoms with Crippen molar-refractivity contribution in [1.29, 1.82) is 0 Å². The minimum atomic E-state index is -0.204. The van der Waals surface area contributed by atoms with Gasteiger partial charge in [0.05, 0.1) is 30.7 Å². The summed E-state index contributed by atoms with van der Waals surface area (Å²) in [6, 6.07) is 7.27. The second-order valence-corrected chi connectivity index (χ2v) is 7.88. The van der Waals surface area contributed by atoms with Crippen molar-refractivity contribution in [2.75, 3.05) is 31.2 Å². The van der Waals surface area contributed by atoms with Crippen LogP contribution in [0.4, 0.5) is 5.69 Å². The van der Waals surface area contributed by atoms with Crippen molar-refractivity contribution >= 4 is 29.5 Å². The summed E-state index contributed by atoms with van der Waals surface area (Å²) in [5.74, 6) is -0.237. The van der Waals surface area contributed by atoms with Gasteiger partial charge in [-0.1, -0.05) is 24.3 Å². The molecule has 5 rings (SSSR count). The Morgan fingerprint density at radius 3 is 2.39 bits per heavy atom. The molecular formula is C22H22N2O4. The van der Waals surface area contributed by atoms with Crippen LogP contribution in [0.25, 0.3) is 6.08 Å². The van der Waals surface area contributed by atoms with Gasteiger partial charge in [-0.25, -0.2) is 4.90 Å². The molecule has 0 unspecified atom stereocenters. The van der Waals surface area contributed by atoms with Crippen LogP contribution in [0, 0.1) is 23.7 Å². The number of carbonyl (C=O) groups excluding carboxylic acids is 3. The highest BCUT2D eigenvalue weighted by atomic mass is 16.5. The first-order valence-electron chi connectivity index (χ1n) is 9.84. The molecule has 6 nitrogen and oxygen atoms in total. The average molecular weight is 378 g/mol. The molecule has 2 aliphatic heterocycles. The first-order valence-corrected chi connectivity index (χ1v) is 9.84. The molecule has 0 radical (unpaired) electrons. The number of allylic oxidation sites excluding steroid dienone is 2. The predicted octanol–water partition coefficient (Wildman–Crippen LogP) is 1.87. The highest BCUT2D eigenvalue weighted by Crippen LogP contribution is 2.53. The van der Waals surface area contributed by atoms with Crippen LogP contribution in [0.1, 0.15) is 12.0 Å². The SMILES string of the molecule is O=C(/C=C\c1cccc(N2C(=O)[C@@H]3[C@H](C2=O)[C@@H]2C=C[C@H]3C2)c1)N1CCOCC1. The molecule has 2 aliphatic carbocycles. The summed E-state index contributed by atoms with van der Waals surface area (Å²) in [6.07, 6.45) is 8.39. The molecule has 0 spiro atoms. The minimum absolute atomic E-state index is 0.0563. The Morgan fingerprint density at radius 1 is 1.04 bits per heavy atom. The summed E-state index contributed by atoms with van der Waals surface area (Å²) in [5, 5.41) is 0. The highest BCUT2D eigenvalue weighted by Gasteiger charge is 2.59. The van der Waals surface area contributed by atoms with Gasteiger partial charge in [0.1, 0.15) is 0 Å². The van der Waals surface area contributed by atoms with E-state index in [-0.39, 0.29) is 41.4 Å². The van der Waals surface area contributed by atoms with Gasteiger partial charge in [0.15, 0.2) is 0 Å². The summed E-state index contributed by atoms with van der Waals surface area (Å²) in [7, 11) is 0. The van der Waals surface area contributed by atoms with Crippen molar-refractivity contribution in [3.63, 3.8) is 0 Å². The zero-order valence-electron chi connectivity index (χ0n) is 15.5. The van der Waals surface area contributed by atoms with Gasteiger partial charge in [0.25, 0.3) is 0 Å². The zero-order valence-corrected chi connectivity index (χ0v) is 15.5. The number of hydrogen-bond donors (Lipinski definition) is 0. The van der Waals surface area contributed by atoms with Crippen LogP contribution in [-0.2, 0) is 19.1 Å². The first kappa shape index (κ1) is 17.4. The Hall–Kier alpha value is -2.73. The number of rotatable bonds is 3. The number of benzene rings is 1. The number of carbonyl (C=O) groups is 3. The van der Waals surface area contributed by atoms with Gasteiger partial charge in [0.2, 0.25) is 17.7 Å². The van der Waals surface area contributed by atoms with Crippen LogP contribution < -0.4 is 4.90 Å². The third-order valence-electron chi connectivity index (χ3n) is 6.34. The first-order chi connectivity index (χ1) is 13.6. The van der Waals surface area contributed by atoms with E-state index < -0.39 is 0 Å². The van der Waals surface area contributed by atoms with Crippen molar-refractivity contribution in [1.82, 2.24) is 4.90 Å². The monoisotopic (exact) mass is 378 g/mol. The van der Waals surface area contributed by atoms with Crippen molar-refractivity contribution in [3.05, 3.63) is 48.1 Å². The van der Waals surface area contributed by atoms with E-state index in [2.05, 4.69) is 12.2 Å². The van der Waals surface area contributed by atoms with E-state index in [1.807, 2.05) is 12.1 Å². The molecular weight excluding hydrogens is 356 g/mol. The molecule has 0 aromatic heterocycles. The lowest BCUT2D eigenvalue weighted by atomic mass is 9.85. The maximum absolute atomic E-state index is 13.0. The molecule has 2 heterocycles. The zero-order chi connectivity index (χ0) is 19.3. The highest BCUT2D eigenvalue weighted by molar-refractivity contribution is 6.22. The largest absolute Gasteiger partial charge is 0.378 e. The molecule has 6 heteroatoms. The Bertz CT molecular complexity index is 870. The number of ether oxygens (including phenoxy) is 1. The molecule has 1 aromatic carbocycles. The van der Waals surface area contributed by atoms with Crippen LogP contribution >= 0.6 is 0 Å². The van der Waals surface area contributed by atoms with E-state index in [0.717, 1.165) is 12.0 Å². The Balaban J connectivity index is 1.35. The minimum Gasteiger partial charge on any atom is -0.378 e. The number of nitrogens with zero attached hydrogens (tertiary/aromatic N) is 2. The number of amides is 3. The molecule has 4 atom stereocenters. The number of anilines is 1. The molecule has 3 amide bonds. The van der Waals surface area contributed by atoms with Gasteiger partial charge in [0, 0.05) is 19.2 Å². The summed E-state index contributed by atoms with van der Waals surface area (Å²) >= 11 is 0. The van der Waals surface area contributed by atoms with Crippen molar-refractivity contribution in [3.8, 4) is 0 Å². The topological polar surface area (TPSA) is 66.9 Å². The van der Waals surface area contributed by atoms with Crippen LogP contribution in [0.2, 0.25) is 0 Å². The van der Waals surface area contributed by atoms with Gasteiger partial charge in [-0.15, -0.1) is 0 Å². The second-order valence-electron chi connectivity index (χ2n) is 7.88. The van der Waals surface area contributed by atoms with E-state index in [9.17, 15) is 14.4 Å². The summed E-state index contributed by atoms with van der Waals surface area (Å²) < 4.78 is 5.26. The Morgan fingerprint density at radius 2 is 1.71 bits per heavy atom. The Kier molecular flexibility index (Phi) is 4.16. The molecule has 28 heavy (non-hydrogen) atoms. The van der Waals surface area contributed by atoms with Gasteiger partial charge >= 0.3 is 0 Å². The molecule has 1 aromatic rings. The van der Waals surface area contributed by atoms with Crippen molar-refractivity contribution in [2.24, 2.45) is 23.7 Å². The molecule has 2 bridgehead atoms. The van der Waals surface area contributed by atoms with Crippen LogP contribution in [0.15, 0.2) is 42.5 Å². The van der Waals surface area contributed by atoms with E-state index >= 15 is 0 Å². The summed E-state index contributed by atoms with van der Waals surface area (Å²) in [6.45, 7) is 2.32. The fraction of sp³-hybridized carbons (Fsp3) is 0.409. The summed E-state index contributed by atoms with van der Waals surface area (Å²) in [5.41, 5.74) is 1.38. The third-order valence-corrected chi connectivity index (χ3v) is 6.34. The third kappa shape index (κ3) is 2.71. The van der Waals surface area contributed by atoms with Crippen LogP contribution in [-0.4, -0.2) is 48.9 Å². The van der Waals surface area contributed by atoms with E-state index in [0.29, 0.717) is 32.0 Å². The lowest BCUT2D eigenvalue weighted by Gasteiger charge is -2.25. The molecule has 0 N–H and O–H groups in total. The standard InChI is InChI=1S/C22H22N2O4/c25-18(23-8-10-28-11-9-23)7-4-14-2-1-3-17(12-14)24-21(26)19-15-5-6-16(13-15)20(19)22(24)27/h1-7,12,15-16,19-20H,8-11,13H2/b7-4-/t15-,16+,19-,20+. The van der Waals surface area contributed by atoms with Gasteiger partial charge < -0.3 is 9.64 Å². The van der Waals surface area contributed by atoms with Crippen molar-refractivity contribution in [2.45, 2.75) is 6.42 Å². The van der Waals surface area contributed by atoms with Crippen LogP contribution in [0.5, 0.6) is 0 Å². The smallest absolute Gasteiger partial charge is 0.246 e. The fourth-order valence-corrected chi connectivity index (χ4v) is 4.98. The molecule has 2 saturated heterocycles. The lowest BCUT2D eigenvalue weighted by molar-refractivity contribution is -0.130. The summed E-state index contributed by atoms with van der Waals surface area (Å²) in [4.78, 5) is 41.3. The quantitative estimate of drug-likeness (QED) is 0.458. The van der Waals surface area contributed by atoms with Gasteiger partial charge in [-0.3, -0.25) is 14.4 Å². The van der Waals surface area contributed by atoms with E-state index in [4.69, 9.17) is 4.74 Å². The lowest BCUT2D eigenvalue weighted by Crippen LogP contribution is -2.39. The molecule has 4 aliphatic rings. The van der Waals surface area contributed by atoms with Crippen molar-refractivity contribution < 1.29 is 19.1 Å². The maximum atomic E-state index is 13.0. The molecule has 1 saturated carbocycles. The number of imide groups is 1. The normalized spacial score (nSPS) is 31.3. The number of hydrogen-bond acceptors (Lipinski definition) is 4. The Labute approximate surface area is 163 Å². The number of morpholine rings is 1. The van der Waals surface area contributed by atoms with E-state index in [1.165, 1.54) is 11.0 Å². The predicted molar refractivity (Wildman–Crippen MR) is 103 cm³/mol. The average Bonchev–Trinajstić information content (AvgIpc) is 3.41. The number of fused-ring (bicyclic) bond motifs is 5. The molecule has 144 valence electrons. The van der Waals surface area contributed by atoms with E-state index in [1.54, 1.807) is 23.1 Å². The maximum Gasteiger partial charge on any atom is 0.246 e. The molecule has 3 fully saturated rings.